The summed E-state index contributed by atoms with van der Waals surface area (Å²) in [5.74, 6) is 1.65. The first-order chi connectivity index (χ1) is 8.79. The first kappa shape index (κ1) is 13.9. The van der Waals surface area contributed by atoms with Crippen molar-refractivity contribution < 1.29 is 0 Å². The van der Waals surface area contributed by atoms with E-state index in [9.17, 15) is 0 Å². The summed E-state index contributed by atoms with van der Waals surface area (Å²) < 4.78 is 0. The van der Waals surface area contributed by atoms with Crippen molar-refractivity contribution in [2.75, 3.05) is 13.6 Å². The molecule has 18 heavy (non-hydrogen) atoms. The summed E-state index contributed by atoms with van der Waals surface area (Å²) in [5, 5.41) is 4.23. The van der Waals surface area contributed by atoms with Gasteiger partial charge in [0.2, 0.25) is 0 Å². The first-order valence-electron chi connectivity index (χ1n) is 7.18. The molecule has 1 N–H and O–H groups in total. The molecule has 1 aliphatic rings. The predicted octanol–water partition coefficient (Wildman–Crippen LogP) is 4.30. The van der Waals surface area contributed by atoms with Gasteiger partial charge in [-0.15, -0.1) is 0 Å². The van der Waals surface area contributed by atoms with Crippen LogP contribution in [0.2, 0.25) is 5.02 Å². The molecule has 0 spiro atoms. The van der Waals surface area contributed by atoms with Gasteiger partial charge in [-0.2, -0.15) is 0 Å². The van der Waals surface area contributed by atoms with E-state index in [1.807, 2.05) is 6.07 Å². The van der Waals surface area contributed by atoms with Gasteiger partial charge in [0.05, 0.1) is 0 Å². The molecule has 0 heterocycles. The summed E-state index contributed by atoms with van der Waals surface area (Å²) in [5.41, 5.74) is 1.40. The Morgan fingerprint density at radius 3 is 2.67 bits per heavy atom. The highest BCUT2D eigenvalue weighted by atomic mass is 35.5. The van der Waals surface area contributed by atoms with Crippen molar-refractivity contribution in [3.8, 4) is 0 Å². The molecule has 1 fully saturated rings. The lowest BCUT2D eigenvalue weighted by atomic mass is 9.83. The molecule has 100 valence electrons. The van der Waals surface area contributed by atoms with Crippen LogP contribution in [0.15, 0.2) is 24.3 Å². The zero-order valence-corrected chi connectivity index (χ0v) is 12.0. The maximum Gasteiger partial charge on any atom is 0.0408 e. The van der Waals surface area contributed by atoms with E-state index >= 15 is 0 Å². The van der Waals surface area contributed by atoms with Crippen LogP contribution in [0, 0.1) is 11.8 Å². The number of halogens is 1. The Balaban J connectivity index is 2.03. The van der Waals surface area contributed by atoms with Crippen LogP contribution in [0.1, 0.15) is 37.7 Å². The van der Waals surface area contributed by atoms with Crippen molar-refractivity contribution in [2.24, 2.45) is 11.8 Å². The molecule has 1 nitrogen and oxygen atoms in total. The standard InChI is InChI=1S/C16H24ClN/c1-18-12-15-8-4-2-3-7-14(15)10-13-6-5-9-16(17)11-13/h5-6,9,11,14-15,18H,2-4,7-8,10,12H2,1H3. The van der Waals surface area contributed by atoms with E-state index in [4.69, 9.17) is 11.6 Å². The van der Waals surface area contributed by atoms with Gasteiger partial charge in [0.15, 0.2) is 0 Å². The van der Waals surface area contributed by atoms with Gasteiger partial charge in [0, 0.05) is 5.02 Å². The van der Waals surface area contributed by atoms with E-state index in [0.717, 1.165) is 23.4 Å². The largest absolute Gasteiger partial charge is 0.319 e. The predicted molar refractivity (Wildman–Crippen MR) is 79.1 cm³/mol. The van der Waals surface area contributed by atoms with Crippen LogP contribution < -0.4 is 5.32 Å². The highest BCUT2D eigenvalue weighted by molar-refractivity contribution is 6.30. The molecule has 0 radical (unpaired) electrons. The maximum absolute atomic E-state index is 6.08. The summed E-state index contributed by atoms with van der Waals surface area (Å²) in [6, 6.07) is 8.38. The number of nitrogens with one attached hydrogen (secondary N) is 1. The molecule has 2 unspecified atom stereocenters. The minimum atomic E-state index is 0.818. The van der Waals surface area contributed by atoms with Crippen molar-refractivity contribution in [3.05, 3.63) is 34.9 Å². The van der Waals surface area contributed by atoms with E-state index in [-0.39, 0.29) is 0 Å². The Bertz CT molecular complexity index is 364. The molecular formula is C16H24ClN. The fraction of sp³-hybridized carbons (Fsp3) is 0.625. The Kier molecular flexibility index (Phi) is 5.52. The fourth-order valence-corrected chi connectivity index (χ4v) is 3.44. The van der Waals surface area contributed by atoms with Crippen molar-refractivity contribution in [1.29, 1.82) is 0 Å². The van der Waals surface area contributed by atoms with E-state index < -0.39 is 0 Å². The van der Waals surface area contributed by atoms with Gasteiger partial charge >= 0.3 is 0 Å². The van der Waals surface area contributed by atoms with Gasteiger partial charge in [0.25, 0.3) is 0 Å². The smallest absolute Gasteiger partial charge is 0.0408 e. The van der Waals surface area contributed by atoms with Crippen molar-refractivity contribution in [3.63, 3.8) is 0 Å². The maximum atomic E-state index is 6.08. The normalized spacial score (nSPS) is 24.8. The Morgan fingerprint density at radius 1 is 1.17 bits per heavy atom. The molecule has 1 aromatic carbocycles. The zero-order valence-electron chi connectivity index (χ0n) is 11.3. The quantitative estimate of drug-likeness (QED) is 0.801. The third kappa shape index (κ3) is 4.00. The average molecular weight is 266 g/mol. The Morgan fingerprint density at radius 2 is 1.94 bits per heavy atom. The lowest BCUT2D eigenvalue weighted by Crippen LogP contribution is -2.26. The van der Waals surface area contributed by atoms with Crippen LogP contribution in [-0.2, 0) is 6.42 Å². The van der Waals surface area contributed by atoms with E-state index in [0.29, 0.717) is 0 Å². The van der Waals surface area contributed by atoms with Crippen LogP contribution in [-0.4, -0.2) is 13.6 Å². The average Bonchev–Trinajstić information content (AvgIpc) is 2.56. The SMILES string of the molecule is CNCC1CCCCCC1Cc1cccc(Cl)c1. The van der Waals surface area contributed by atoms with Crippen LogP contribution in [0.4, 0.5) is 0 Å². The summed E-state index contributed by atoms with van der Waals surface area (Å²) >= 11 is 6.08. The minimum absolute atomic E-state index is 0.818. The van der Waals surface area contributed by atoms with Gasteiger partial charge in [-0.3, -0.25) is 0 Å². The first-order valence-corrected chi connectivity index (χ1v) is 7.56. The third-order valence-corrected chi connectivity index (χ3v) is 4.40. The highest BCUT2D eigenvalue weighted by Gasteiger charge is 2.23. The molecule has 0 amide bonds. The van der Waals surface area contributed by atoms with E-state index in [2.05, 4.69) is 30.6 Å². The lowest BCUT2D eigenvalue weighted by molar-refractivity contribution is 0.304. The molecule has 1 saturated carbocycles. The second-order valence-electron chi connectivity index (χ2n) is 5.55. The van der Waals surface area contributed by atoms with Gasteiger partial charge in [-0.1, -0.05) is 43.0 Å². The highest BCUT2D eigenvalue weighted by Crippen LogP contribution is 2.31. The van der Waals surface area contributed by atoms with Crippen molar-refractivity contribution in [2.45, 2.75) is 38.5 Å². The number of rotatable bonds is 4. The van der Waals surface area contributed by atoms with Gasteiger partial charge in [-0.05, 0) is 62.4 Å². The summed E-state index contributed by atoms with van der Waals surface area (Å²) in [6.45, 7) is 1.16. The molecule has 1 aliphatic carbocycles. The lowest BCUT2D eigenvalue weighted by Gasteiger charge is -2.25. The Labute approximate surface area is 116 Å². The van der Waals surface area contributed by atoms with Crippen LogP contribution in [0.5, 0.6) is 0 Å². The topological polar surface area (TPSA) is 12.0 Å². The van der Waals surface area contributed by atoms with Gasteiger partial charge < -0.3 is 5.32 Å². The van der Waals surface area contributed by atoms with E-state index in [1.54, 1.807) is 0 Å². The Hall–Kier alpha value is -0.530. The molecule has 0 aliphatic heterocycles. The molecule has 2 atom stereocenters. The van der Waals surface area contributed by atoms with Crippen LogP contribution in [0.25, 0.3) is 0 Å². The third-order valence-electron chi connectivity index (χ3n) is 4.17. The number of hydrogen-bond acceptors (Lipinski definition) is 1. The summed E-state index contributed by atoms with van der Waals surface area (Å²) in [4.78, 5) is 0. The van der Waals surface area contributed by atoms with Gasteiger partial charge in [-0.25, -0.2) is 0 Å². The minimum Gasteiger partial charge on any atom is -0.319 e. The molecule has 2 heteroatoms. The fourth-order valence-electron chi connectivity index (χ4n) is 3.23. The second-order valence-corrected chi connectivity index (χ2v) is 5.99. The van der Waals surface area contributed by atoms with Crippen LogP contribution >= 0.6 is 11.6 Å². The summed E-state index contributed by atoms with van der Waals surface area (Å²) in [6.07, 6.45) is 8.15. The zero-order chi connectivity index (χ0) is 12.8. The van der Waals surface area contributed by atoms with E-state index in [1.165, 1.54) is 44.1 Å². The molecule has 0 saturated heterocycles. The molecule has 2 rings (SSSR count). The van der Waals surface area contributed by atoms with Crippen molar-refractivity contribution >= 4 is 11.6 Å². The van der Waals surface area contributed by atoms with Crippen molar-refractivity contribution in [1.82, 2.24) is 5.32 Å². The second kappa shape index (κ2) is 7.16. The monoisotopic (exact) mass is 265 g/mol. The number of benzene rings is 1. The summed E-state index contributed by atoms with van der Waals surface area (Å²) in [7, 11) is 2.07. The number of hydrogen-bond donors (Lipinski definition) is 1. The van der Waals surface area contributed by atoms with Gasteiger partial charge in [0.1, 0.15) is 0 Å². The molecule has 0 bridgehead atoms. The molecule has 1 aromatic rings. The molecule has 0 aromatic heterocycles. The molecular weight excluding hydrogens is 242 g/mol. The van der Waals surface area contributed by atoms with Crippen LogP contribution in [0.3, 0.4) is 0 Å².